The molecule has 148 valence electrons. The molecular weight excluding hydrogens is 379 g/mol. The van der Waals surface area contributed by atoms with E-state index in [0.717, 1.165) is 18.5 Å². The lowest BCUT2D eigenvalue weighted by Crippen LogP contribution is -2.34. The van der Waals surface area contributed by atoms with E-state index in [-0.39, 0.29) is 16.6 Å². The summed E-state index contributed by atoms with van der Waals surface area (Å²) in [5, 5.41) is 31.4. The summed E-state index contributed by atoms with van der Waals surface area (Å²) in [5.74, 6) is -0.491. The molecular formula is C18H16F3N3O4. The number of aliphatic hydroxyl groups is 3. The molecule has 10 heteroatoms. The van der Waals surface area contributed by atoms with E-state index in [1.807, 2.05) is 0 Å². The molecule has 3 aromatic rings. The van der Waals surface area contributed by atoms with Crippen LogP contribution in [0.15, 0.2) is 42.9 Å². The number of hydrogen-bond acceptors (Lipinski definition) is 6. The largest absolute Gasteiger partial charge is 0.387 e. The van der Waals surface area contributed by atoms with E-state index in [1.165, 1.54) is 29.0 Å². The highest BCUT2D eigenvalue weighted by Crippen LogP contribution is 2.38. The monoisotopic (exact) mass is 395 g/mol. The fourth-order valence-electron chi connectivity index (χ4n) is 3.40. The van der Waals surface area contributed by atoms with Crippen molar-refractivity contribution in [3.63, 3.8) is 0 Å². The van der Waals surface area contributed by atoms with E-state index >= 15 is 0 Å². The number of aliphatic hydroxyl groups excluding tert-OH is 3. The molecule has 0 unspecified atom stereocenters. The SMILES string of the molecule is O[C@@H]1[C@H](O)[C@@H]([C@H](O)c2ccc(F)cc2)O[C@H]1n1ccc2c(C(F)F)ncnc21. The van der Waals surface area contributed by atoms with Gasteiger partial charge < -0.3 is 24.6 Å². The Kier molecular flexibility index (Phi) is 4.79. The number of benzene rings is 1. The van der Waals surface area contributed by atoms with Crippen LogP contribution in [0.2, 0.25) is 0 Å². The van der Waals surface area contributed by atoms with E-state index < -0.39 is 48.6 Å². The van der Waals surface area contributed by atoms with Crippen molar-refractivity contribution in [3.8, 4) is 0 Å². The van der Waals surface area contributed by atoms with Gasteiger partial charge in [-0.2, -0.15) is 0 Å². The number of rotatable bonds is 4. The molecule has 5 atom stereocenters. The maximum Gasteiger partial charge on any atom is 0.281 e. The van der Waals surface area contributed by atoms with Crippen LogP contribution in [0.3, 0.4) is 0 Å². The van der Waals surface area contributed by atoms with E-state index in [9.17, 15) is 28.5 Å². The minimum Gasteiger partial charge on any atom is -0.387 e. The first kappa shape index (κ1) is 18.8. The molecule has 0 saturated carbocycles. The summed E-state index contributed by atoms with van der Waals surface area (Å²) in [4.78, 5) is 7.54. The third-order valence-corrected chi connectivity index (χ3v) is 4.82. The minimum absolute atomic E-state index is 0.0883. The average molecular weight is 395 g/mol. The van der Waals surface area contributed by atoms with Crippen molar-refractivity contribution in [2.24, 2.45) is 0 Å². The van der Waals surface area contributed by atoms with Crippen LogP contribution < -0.4 is 0 Å². The highest BCUT2D eigenvalue weighted by atomic mass is 19.3. The predicted octanol–water partition coefficient (Wildman–Crippen LogP) is 1.86. The van der Waals surface area contributed by atoms with Gasteiger partial charge in [-0.15, -0.1) is 0 Å². The van der Waals surface area contributed by atoms with Gasteiger partial charge in [-0.1, -0.05) is 12.1 Å². The van der Waals surface area contributed by atoms with Gasteiger partial charge in [-0.05, 0) is 23.8 Å². The van der Waals surface area contributed by atoms with Gasteiger partial charge in [0.2, 0.25) is 0 Å². The zero-order chi connectivity index (χ0) is 20.0. The second kappa shape index (κ2) is 7.13. The second-order valence-corrected chi connectivity index (χ2v) is 6.49. The van der Waals surface area contributed by atoms with Gasteiger partial charge in [0.1, 0.15) is 47.9 Å². The zero-order valence-electron chi connectivity index (χ0n) is 14.2. The summed E-state index contributed by atoms with van der Waals surface area (Å²) in [5.41, 5.74) is -0.0730. The van der Waals surface area contributed by atoms with Crippen LogP contribution in [-0.2, 0) is 4.74 Å². The first-order valence-corrected chi connectivity index (χ1v) is 8.43. The molecule has 28 heavy (non-hydrogen) atoms. The number of halogens is 3. The van der Waals surface area contributed by atoms with Crippen molar-refractivity contribution in [3.05, 3.63) is 59.9 Å². The molecule has 1 saturated heterocycles. The number of fused-ring (bicyclic) bond motifs is 1. The Bertz CT molecular complexity index is 982. The van der Waals surface area contributed by atoms with Gasteiger partial charge in [-0.3, -0.25) is 0 Å². The van der Waals surface area contributed by atoms with E-state index in [2.05, 4.69) is 9.97 Å². The zero-order valence-corrected chi connectivity index (χ0v) is 14.2. The van der Waals surface area contributed by atoms with Gasteiger partial charge in [0.15, 0.2) is 6.23 Å². The van der Waals surface area contributed by atoms with Gasteiger partial charge in [-0.25, -0.2) is 23.1 Å². The Hall–Kier alpha value is -2.53. The Balaban J connectivity index is 1.66. The van der Waals surface area contributed by atoms with Crippen molar-refractivity contribution < 1.29 is 33.2 Å². The Morgan fingerprint density at radius 1 is 1.04 bits per heavy atom. The summed E-state index contributed by atoms with van der Waals surface area (Å²) in [6.45, 7) is 0. The van der Waals surface area contributed by atoms with Gasteiger partial charge in [0, 0.05) is 11.6 Å². The Morgan fingerprint density at radius 3 is 2.43 bits per heavy atom. The van der Waals surface area contributed by atoms with Crippen LogP contribution in [-0.4, -0.2) is 48.2 Å². The van der Waals surface area contributed by atoms with Crippen molar-refractivity contribution in [1.82, 2.24) is 14.5 Å². The average Bonchev–Trinajstić information content (AvgIpc) is 3.23. The third-order valence-electron chi connectivity index (χ3n) is 4.82. The van der Waals surface area contributed by atoms with Crippen molar-refractivity contribution >= 4 is 11.0 Å². The van der Waals surface area contributed by atoms with Crippen molar-refractivity contribution in [1.29, 1.82) is 0 Å². The molecule has 1 aromatic carbocycles. The molecule has 0 aliphatic carbocycles. The number of hydrogen-bond donors (Lipinski definition) is 3. The van der Waals surface area contributed by atoms with Gasteiger partial charge in [0.05, 0.1) is 0 Å². The fraction of sp³-hybridized carbons (Fsp3) is 0.333. The molecule has 3 heterocycles. The number of alkyl halides is 2. The standard InChI is InChI=1S/C18H16F3N3O4/c19-9-3-1-8(2-4-9)12(25)15-13(26)14(27)18(28-15)24-6-5-10-11(16(20)21)22-7-23-17(10)24/h1-7,12-16,18,25-27H/t12-,13+,14-,15-,18-/m1/s1. The molecule has 1 aliphatic heterocycles. The summed E-state index contributed by atoms with van der Waals surface area (Å²) in [6.07, 6.45) is -7.12. The molecule has 0 radical (unpaired) electrons. The third kappa shape index (κ3) is 3.04. The van der Waals surface area contributed by atoms with Crippen LogP contribution in [0.5, 0.6) is 0 Å². The maximum atomic E-state index is 13.1. The van der Waals surface area contributed by atoms with E-state index in [0.29, 0.717) is 0 Å². The lowest BCUT2D eigenvalue weighted by Gasteiger charge is -2.21. The quantitative estimate of drug-likeness (QED) is 0.624. The second-order valence-electron chi connectivity index (χ2n) is 6.49. The fourth-order valence-corrected chi connectivity index (χ4v) is 3.40. The molecule has 0 spiro atoms. The maximum absolute atomic E-state index is 13.1. The summed E-state index contributed by atoms with van der Waals surface area (Å²) < 4.78 is 46.3. The Labute approximate surface area is 156 Å². The molecule has 7 nitrogen and oxygen atoms in total. The van der Waals surface area contributed by atoms with Crippen molar-refractivity contribution in [2.75, 3.05) is 0 Å². The number of ether oxygens (including phenoxy) is 1. The normalized spacial score (nSPS) is 26.2. The summed E-state index contributed by atoms with van der Waals surface area (Å²) in [6, 6.07) is 6.33. The van der Waals surface area contributed by atoms with Gasteiger partial charge in [0.25, 0.3) is 6.43 Å². The smallest absolute Gasteiger partial charge is 0.281 e. The van der Waals surface area contributed by atoms with Crippen LogP contribution in [0.25, 0.3) is 11.0 Å². The number of aromatic nitrogens is 3. The van der Waals surface area contributed by atoms with Crippen LogP contribution in [0, 0.1) is 5.82 Å². The van der Waals surface area contributed by atoms with Crippen LogP contribution in [0.1, 0.15) is 30.0 Å². The highest BCUT2D eigenvalue weighted by Gasteiger charge is 2.47. The highest BCUT2D eigenvalue weighted by molar-refractivity contribution is 5.78. The lowest BCUT2D eigenvalue weighted by molar-refractivity contribution is -0.0848. The molecule has 0 bridgehead atoms. The first-order chi connectivity index (χ1) is 13.4. The Morgan fingerprint density at radius 2 is 1.75 bits per heavy atom. The molecule has 1 fully saturated rings. The minimum atomic E-state index is -2.81. The molecule has 0 amide bonds. The molecule has 2 aromatic heterocycles. The van der Waals surface area contributed by atoms with Crippen LogP contribution >= 0.6 is 0 Å². The van der Waals surface area contributed by atoms with E-state index in [1.54, 1.807) is 0 Å². The van der Waals surface area contributed by atoms with Crippen molar-refractivity contribution in [2.45, 2.75) is 37.1 Å². The van der Waals surface area contributed by atoms with Crippen LogP contribution in [0.4, 0.5) is 13.2 Å². The topological polar surface area (TPSA) is 101 Å². The summed E-state index contributed by atoms with van der Waals surface area (Å²) >= 11 is 0. The van der Waals surface area contributed by atoms with Gasteiger partial charge >= 0.3 is 0 Å². The summed E-state index contributed by atoms with van der Waals surface area (Å²) in [7, 11) is 0. The number of nitrogens with zero attached hydrogens (tertiary/aromatic N) is 3. The van der Waals surface area contributed by atoms with E-state index in [4.69, 9.17) is 4.74 Å². The molecule has 1 aliphatic rings. The molecule has 3 N–H and O–H groups in total. The first-order valence-electron chi connectivity index (χ1n) is 8.43. The predicted molar refractivity (Wildman–Crippen MR) is 89.8 cm³/mol. The lowest BCUT2D eigenvalue weighted by atomic mass is 9.99. The molecule has 4 rings (SSSR count).